The van der Waals surface area contributed by atoms with E-state index < -0.39 is 33.0 Å². The van der Waals surface area contributed by atoms with E-state index in [9.17, 15) is 17.2 Å². The molecular formula is C21H27F2N5O4S. The molecule has 0 radical (unpaired) electrons. The smallest absolute Gasteiger partial charge is 0.232 e. The lowest BCUT2D eigenvalue weighted by molar-refractivity contribution is 0.0254. The number of nitrogens with zero attached hydrogens (tertiary/aromatic N) is 2. The van der Waals surface area contributed by atoms with E-state index in [1.807, 2.05) is 0 Å². The molecule has 33 heavy (non-hydrogen) atoms. The number of nitrogens with two attached hydrogens (primary N) is 1. The van der Waals surface area contributed by atoms with E-state index in [1.54, 1.807) is 13.0 Å². The Kier molecular flexibility index (Phi) is 8.16. The third kappa shape index (κ3) is 6.59. The van der Waals surface area contributed by atoms with Gasteiger partial charge in [0.1, 0.15) is 17.5 Å². The number of ether oxygens (including phenoxy) is 2. The van der Waals surface area contributed by atoms with E-state index in [1.165, 1.54) is 12.4 Å². The minimum Gasteiger partial charge on any atom is -0.489 e. The van der Waals surface area contributed by atoms with Gasteiger partial charge in [-0.3, -0.25) is 14.7 Å². The molecular weight excluding hydrogens is 456 g/mol. The van der Waals surface area contributed by atoms with Crippen LogP contribution in [0.4, 0.5) is 20.2 Å². The predicted molar refractivity (Wildman–Crippen MR) is 121 cm³/mol. The molecule has 3 rings (SSSR count). The number of aromatic nitrogens is 1. The van der Waals surface area contributed by atoms with Crippen molar-refractivity contribution in [1.82, 2.24) is 4.98 Å². The zero-order valence-electron chi connectivity index (χ0n) is 18.2. The van der Waals surface area contributed by atoms with Crippen LogP contribution in [0.25, 0.3) is 0 Å². The van der Waals surface area contributed by atoms with Crippen LogP contribution in [0, 0.1) is 17.0 Å². The molecule has 1 aromatic heterocycles. The first-order valence-electron chi connectivity index (χ1n) is 10.5. The summed E-state index contributed by atoms with van der Waals surface area (Å²) in [5.41, 5.74) is -0.761. The quantitative estimate of drug-likeness (QED) is 0.269. The van der Waals surface area contributed by atoms with Gasteiger partial charge in [0.2, 0.25) is 10.0 Å². The lowest BCUT2D eigenvalue weighted by Crippen LogP contribution is -2.37. The average molecular weight is 484 g/mol. The molecule has 12 heteroatoms. The fourth-order valence-corrected chi connectivity index (χ4v) is 4.48. The summed E-state index contributed by atoms with van der Waals surface area (Å²) in [5.74, 6) is 3.98. The number of halogens is 2. The molecule has 0 atom stereocenters. The number of nitrogens with one attached hydrogen (secondary N) is 2. The molecule has 0 amide bonds. The molecule has 0 saturated carbocycles. The van der Waals surface area contributed by atoms with Gasteiger partial charge in [0.15, 0.2) is 11.6 Å². The van der Waals surface area contributed by atoms with Gasteiger partial charge in [0.05, 0.1) is 43.1 Å². The summed E-state index contributed by atoms with van der Waals surface area (Å²) in [6, 6.07) is 3.51. The molecule has 9 nitrogen and oxygen atoms in total. The number of pyridine rings is 1. The molecule has 1 aliphatic rings. The van der Waals surface area contributed by atoms with Crippen molar-refractivity contribution in [3.8, 4) is 5.75 Å². The Bertz CT molecular complexity index is 1090. The van der Waals surface area contributed by atoms with Crippen molar-refractivity contribution in [2.45, 2.75) is 32.3 Å². The van der Waals surface area contributed by atoms with Crippen LogP contribution in [0.15, 0.2) is 30.6 Å². The van der Waals surface area contributed by atoms with Crippen LogP contribution in [0.3, 0.4) is 0 Å². The van der Waals surface area contributed by atoms with Gasteiger partial charge in [0, 0.05) is 24.6 Å². The number of rotatable bonds is 10. The number of sulfonamides is 1. The number of benzene rings is 1. The van der Waals surface area contributed by atoms with Gasteiger partial charge in [-0.15, -0.1) is 0 Å². The molecule has 0 bridgehead atoms. The van der Waals surface area contributed by atoms with Gasteiger partial charge < -0.3 is 14.9 Å². The maximum absolute atomic E-state index is 14.9. The number of anilines is 2. The Morgan fingerprint density at radius 2 is 2.06 bits per heavy atom. The van der Waals surface area contributed by atoms with Gasteiger partial charge >= 0.3 is 0 Å². The fourth-order valence-electron chi connectivity index (χ4n) is 3.35. The Morgan fingerprint density at radius 1 is 1.33 bits per heavy atom. The SMILES string of the molecule is CCCS(=O)(=O)Nc1ccc(F)c(N(N)CC(=N)c2cncc(OC3CCOCC3)c2)c1F. The highest BCUT2D eigenvalue weighted by atomic mass is 32.2. The third-order valence-corrected chi connectivity index (χ3v) is 6.43. The minimum absolute atomic E-state index is 0.0154. The summed E-state index contributed by atoms with van der Waals surface area (Å²) in [4.78, 5) is 4.08. The topological polar surface area (TPSA) is 131 Å². The van der Waals surface area contributed by atoms with Crippen LogP contribution in [0.2, 0.25) is 0 Å². The Morgan fingerprint density at radius 3 is 2.76 bits per heavy atom. The average Bonchev–Trinajstić information content (AvgIpc) is 2.76. The molecule has 1 fully saturated rings. The number of hydrogen-bond donors (Lipinski definition) is 3. The molecule has 0 unspecified atom stereocenters. The Balaban J connectivity index is 1.74. The van der Waals surface area contributed by atoms with Crippen LogP contribution < -0.4 is 20.3 Å². The predicted octanol–water partition coefficient (Wildman–Crippen LogP) is 2.82. The molecule has 1 aliphatic heterocycles. The van der Waals surface area contributed by atoms with Crippen molar-refractivity contribution in [2.75, 3.05) is 35.2 Å². The lowest BCUT2D eigenvalue weighted by Gasteiger charge is -2.24. The molecule has 2 aromatic rings. The second kappa shape index (κ2) is 10.9. The Labute approximate surface area is 191 Å². The minimum atomic E-state index is -3.79. The molecule has 1 saturated heterocycles. The van der Waals surface area contributed by atoms with Crippen LogP contribution in [-0.4, -0.2) is 50.7 Å². The van der Waals surface area contributed by atoms with E-state index >= 15 is 0 Å². The van der Waals surface area contributed by atoms with Gasteiger partial charge in [-0.1, -0.05) is 6.92 Å². The summed E-state index contributed by atoms with van der Waals surface area (Å²) in [5, 5.41) is 9.04. The first kappa shape index (κ1) is 24.8. The highest BCUT2D eigenvalue weighted by molar-refractivity contribution is 7.92. The van der Waals surface area contributed by atoms with E-state index in [0.29, 0.717) is 30.9 Å². The highest BCUT2D eigenvalue weighted by Gasteiger charge is 2.22. The molecule has 0 aliphatic carbocycles. The second-order valence-electron chi connectivity index (χ2n) is 7.62. The van der Waals surface area contributed by atoms with E-state index in [2.05, 4.69) is 9.71 Å². The molecule has 1 aromatic carbocycles. The molecule has 180 valence electrons. The van der Waals surface area contributed by atoms with Gasteiger partial charge in [-0.25, -0.2) is 23.0 Å². The number of hydrogen-bond acceptors (Lipinski definition) is 8. The van der Waals surface area contributed by atoms with Crippen molar-refractivity contribution in [1.29, 1.82) is 5.41 Å². The van der Waals surface area contributed by atoms with E-state index in [0.717, 1.165) is 30.0 Å². The first-order chi connectivity index (χ1) is 15.7. The maximum Gasteiger partial charge on any atom is 0.232 e. The van der Waals surface area contributed by atoms with Crippen LogP contribution in [-0.2, 0) is 14.8 Å². The van der Waals surface area contributed by atoms with Gasteiger partial charge in [-0.05, 0) is 24.6 Å². The maximum atomic E-state index is 14.9. The van der Waals surface area contributed by atoms with E-state index in [4.69, 9.17) is 20.7 Å². The molecule has 4 N–H and O–H groups in total. The summed E-state index contributed by atoms with van der Waals surface area (Å²) in [6.07, 6.45) is 4.76. The zero-order chi connectivity index (χ0) is 24.0. The van der Waals surface area contributed by atoms with Crippen molar-refractivity contribution < 1.29 is 26.7 Å². The van der Waals surface area contributed by atoms with Crippen LogP contribution in [0.5, 0.6) is 5.75 Å². The lowest BCUT2D eigenvalue weighted by atomic mass is 10.1. The van der Waals surface area contributed by atoms with Crippen LogP contribution in [0.1, 0.15) is 31.7 Å². The van der Waals surface area contributed by atoms with E-state index in [-0.39, 0.29) is 24.1 Å². The summed E-state index contributed by atoms with van der Waals surface area (Å²) < 4.78 is 66.6. The van der Waals surface area contributed by atoms with Crippen molar-refractivity contribution in [2.24, 2.45) is 5.84 Å². The summed E-state index contributed by atoms with van der Waals surface area (Å²) in [6.45, 7) is 2.53. The molecule has 2 heterocycles. The monoisotopic (exact) mass is 483 g/mol. The fraction of sp³-hybridized carbons (Fsp3) is 0.429. The van der Waals surface area contributed by atoms with Crippen molar-refractivity contribution >= 4 is 27.1 Å². The highest BCUT2D eigenvalue weighted by Crippen LogP contribution is 2.29. The summed E-state index contributed by atoms with van der Waals surface area (Å²) >= 11 is 0. The molecule has 0 spiro atoms. The normalized spacial score (nSPS) is 14.7. The zero-order valence-corrected chi connectivity index (χ0v) is 19.0. The van der Waals surface area contributed by atoms with Crippen LogP contribution >= 0.6 is 0 Å². The summed E-state index contributed by atoms with van der Waals surface area (Å²) in [7, 11) is -3.79. The van der Waals surface area contributed by atoms with Crippen molar-refractivity contribution in [3.63, 3.8) is 0 Å². The Hall–Kier alpha value is -2.83. The van der Waals surface area contributed by atoms with Gasteiger partial charge in [-0.2, -0.15) is 0 Å². The second-order valence-corrected chi connectivity index (χ2v) is 9.47. The third-order valence-electron chi connectivity index (χ3n) is 4.95. The first-order valence-corrected chi connectivity index (χ1v) is 12.1. The number of hydrazine groups is 1. The van der Waals surface area contributed by atoms with Gasteiger partial charge in [0.25, 0.3) is 0 Å². The standard InChI is InChI=1S/C21H27F2N5O4S/c1-2-9-33(29,30)27-19-4-3-17(22)21(20(19)23)28(25)13-18(24)14-10-16(12-26-11-14)32-15-5-7-31-8-6-15/h3-4,10-12,15,24,27H,2,5-9,13,25H2,1H3. The largest absolute Gasteiger partial charge is 0.489 e. The van der Waals surface area contributed by atoms with Crippen molar-refractivity contribution in [3.05, 3.63) is 47.8 Å².